The Balaban J connectivity index is 1.85. The van der Waals surface area contributed by atoms with Gasteiger partial charge in [0.2, 0.25) is 0 Å². The molecule has 0 bridgehead atoms. The van der Waals surface area contributed by atoms with Gasteiger partial charge in [0.05, 0.1) is 26.4 Å². The van der Waals surface area contributed by atoms with E-state index in [1.54, 1.807) is 0 Å². The highest BCUT2D eigenvalue weighted by molar-refractivity contribution is 6.61. The van der Waals surface area contributed by atoms with Crippen molar-refractivity contribution in [2.45, 2.75) is 32.3 Å². The van der Waals surface area contributed by atoms with E-state index in [0.717, 1.165) is 18.4 Å². The third-order valence-corrected chi connectivity index (χ3v) is 3.10. The molecule has 1 aromatic carbocycles. The zero-order chi connectivity index (χ0) is 17.5. The molecule has 0 heterocycles. The minimum Gasteiger partial charge on any atom is -0.454 e. The molecule has 0 fully saturated rings. The van der Waals surface area contributed by atoms with Crippen LogP contribution in [0.15, 0.2) is 30.3 Å². The molecule has 0 aromatic heterocycles. The van der Waals surface area contributed by atoms with Crippen molar-refractivity contribution in [3.05, 3.63) is 35.9 Å². The van der Waals surface area contributed by atoms with E-state index in [9.17, 15) is 9.59 Å². The first-order valence-corrected chi connectivity index (χ1v) is 8.30. The van der Waals surface area contributed by atoms with Gasteiger partial charge in [-0.05, 0) is 31.2 Å². The fourth-order valence-electron chi connectivity index (χ4n) is 1.78. The lowest BCUT2D eigenvalue weighted by Gasteiger charge is -2.07. The summed E-state index contributed by atoms with van der Waals surface area (Å²) in [5.41, 5.74) is 0.307. The Hall–Kier alpha value is -1.79. The Bertz CT molecular complexity index is 465. The SMILES string of the molecule is O=C(Cl)OCCCCOC(=O)OCCCCOCc1ccccc1. The second kappa shape index (κ2) is 13.6. The lowest BCUT2D eigenvalue weighted by Crippen LogP contribution is -2.10. The predicted molar refractivity (Wildman–Crippen MR) is 89.1 cm³/mol. The van der Waals surface area contributed by atoms with Crippen LogP contribution >= 0.6 is 11.6 Å². The van der Waals surface area contributed by atoms with Gasteiger partial charge in [-0.2, -0.15) is 0 Å². The Morgan fingerprint density at radius 2 is 1.33 bits per heavy atom. The number of benzene rings is 1. The Kier molecular flexibility index (Phi) is 11.5. The van der Waals surface area contributed by atoms with Gasteiger partial charge in [0.25, 0.3) is 0 Å². The van der Waals surface area contributed by atoms with Crippen LogP contribution in [0.25, 0.3) is 0 Å². The molecule has 0 unspecified atom stereocenters. The molecule has 134 valence electrons. The average molecular weight is 359 g/mol. The molecule has 0 spiro atoms. The number of carbonyl (C=O) groups excluding carboxylic acids is 2. The van der Waals surface area contributed by atoms with Crippen LogP contribution in [0.4, 0.5) is 9.59 Å². The number of ether oxygens (including phenoxy) is 4. The van der Waals surface area contributed by atoms with Crippen LogP contribution in [0.5, 0.6) is 0 Å². The zero-order valence-electron chi connectivity index (χ0n) is 13.6. The van der Waals surface area contributed by atoms with Gasteiger partial charge in [-0.3, -0.25) is 0 Å². The molecule has 24 heavy (non-hydrogen) atoms. The number of unbranched alkanes of at least 4 members (excludes halogenated alkanes) is 2. The Morgan fingerprint density at radius 1 is 0.792 bits per heavy atom. The topological polar surface area (TPSA) is 71.1 Å². The smallest absolute Gasteiger partial charge is 0.454 e. The van der Waals surface area contributed by atoms with Crippen LogP contribution < -0.4 is 0 Å². The highest BCUT2D eigenvalue weighted by atomic mass is 35.5. The number of carbonyl (C=O) groups is 2. The normalized spacial score (nSPS) is 10.2. The zero-order valence-corrected chi connectivity index (χ0v) is 14.3. The molecule has 6 nitrogen and oxygen atoms in total. The van der Waals surface area contributed by atoms with Gasteiger partial charge in [-0.1, -0.05) is 30.3 Å². The Morgan fingerprint density at radius 3 is 1.92 bits per heavy atom. The number of halogens is 1. The van der Waals surface area contributed by atoms with Crippen LogP contribution in [0.1, 0.15) is 31.2 Å². The molecule has 1 aromatic rings. The van der Waals surface area contributed by atoms with Crippen LogP contribution in [0.3, 0.4) is 0 Å². The number of hydrogen-bond donors (Lipinski definition) is 0. The number of hydrogen-bond acceptors (Lipinski definition) is 6. The number of rotatable bonds is 12. The van der Waals surface area contributed by atoms with Gasteiger partial charge in [-0.25, -0.2) is 9.59 Å². The second-order valence-corrected chi connectivity index (χ2v) is 5.29. The van der Waals surface area contributed by atoms with Crippen molar-refractivity contribution in [1.29, 1.82) is 0 Å². The van der Waals surface area contributed by atoms with E-state index in [2.05, 4.69) is 4.74 Å². The molecule has 0 aliphatic carbocycles. The highest BCUT2D eigenvalue weighted by Gasteiger charge is 2.03. The summed E-state index contributed by atoms with van der Waals surface area (Å²) in [4.78, 5) is 21.6. The quantitative estimate of drug-likeness (QED) is 0.315. The maximum atomic E-state index is 11.3. The molecular weight excluding hydrogens is 336 g/mol. The summed E-state index contributed by atoms with van der Waals surface area (Å²) in [5, 5.41) is 0. The van der Waals surface area contributed by atoms with Crippen molar-refractivity contribution in [2.24, 2.45) is 0 Å². The van der Waals surface area contributed by atoms with E-state index < -0.39 is 11.6 Å². The minimum absolute atomic E-state index is 0.212. The summed E-state index contributed by atoms with van der Waals surface area (Å²) in [6.45, 7) is 1.94. The molecule has 0 atom stereocenters. The van der Waals surface area contributed by atoms with Crippen LogP contribution in [-0.2, 0) is 25.6 Å². The molecule has 1 rings (SSSR count). The van der Waals surface area contributed by atoms with E-state index in [1.807, 2.05) is 30.3 Å². The predicted octanol–water partition coefficient (Wildman–Crippen LogP) is 4.29. The summed E-state index contributed by atoms with van der Waals surface area (Å²) >= 11 is 5.00. The van der Waals surface area contributed by atoms with Crippen molar-refractivity contribution in [3.63, 3.8) is 0 Å². The first-order valence-electron chi connectivity index (χ1n) is 7.92. The van der Waals surface area contributed by atoms with E-state index >= 15 is 0 Å². The Labute approximate surface area is 147 Å². The van der Waals surface area contributed by atoms with Crippen LogP contribution in [0, 0.1) is 0 Å². The van der Waals surface area contributed by atoms with Crippen molar-refractivity contribution in [1.82, 2.24) is 0 Å². The van der Waals surface area contributed by atoms with Crippen LogP contribution in [-0.4, -0.2) is 38.0 Å². The minimum atomic E-state index is -0.830. The summed E-state index contributed by atoms with van der Waals surface area (Å²) in [5.74, 6) is 0. The maximum absolute atomic E-state index is 11.3. The van der Waals surface area contributed by atoms with Gasteiger partial charge in [0, 0.05) is 18.2 Å². The van der Waals surface area contributed by atoms with Crippen LogP contribution in [0.2, 0.25) is 0 Å². The fourth-order valence-corrected chi connectivity index (χ4v) is 1.86. The summed E-state index contributed by atoms with van der Waals surface area (Å²) < 4.78 is 19.9. The molecule has 0 radical (unpaired) electrons. The van der Waals surface area contributed by atoms with Gasteiger partial charge in [-0.15, -0.1) is 0 Å². The van der Waals surface area contributed by atoms with Crippen molar-refractivity contribution < 1.29 is 28.5 Å². The van der Waals surface area contributed by atoms with Gasteiger partial charge in [0.15, 0.2) is 0 Å². The van der Waals surface area contributed by atoms with Gasteiger partial charge in [0.1, 0.15) is 0 Å². The van der Waals surface area contributed by atoms with E-state index in [0.29, 0.717) is 32.7 Å². The summed E-state index contributed by atoms with van der Waals surface area (Å²) in [7, 11) is 0. The van der Waals surface area contributed by atoms with E-state index in [-0.39, 0.29) is 13.2 Å². The molecule has 0 saturated carbocycles. The lowest BCUT2D eigenvalue weighted by atomic mass is 10.2. The van der Waals surface area contributed by atoms with Crippen molar-refractivity contribution >= 4 is 23.2 Å². The highest BCUT2D eigenvalue weighted by Crippen LogP contribution is 2.02. The van der Waals surface area contributed by atoms with Crippen molar-refractivity contribution in [2.75, 3.05) is 26.4 Å². The molecule has 0 aliphatic heterocycles. The van der Waals surface area contributed by atoms with Crippen molar-refractivity contribution in [3.8, 4) is 0 Å². The standard InChI is InChI=1S/C17H23ClO6/c18-16(19)22-11-6-7-13-24-17(20)23-12-5-4-10-21-14-15-8-2-1-3-9-15/h1-3,8-9H,4-7,10-14H2. The molecular formula is C17H23ClO6. The molecule has 0 amide bonds. The maximum Gasteiger partial charge on any atom is 0.508 e. The van der Waals surface area contributed by atoms with Gasteiger partial charge < -0.3 is 18.9 Å². The molecule has 0 N–H and O–H groups in total. The fraction of sp³-hybridized carbons (Fsp3) is 0.529. The summed E-state index contributed by atoms with van der Waals surface area (Å²) in [6.07, 6.45) is 1.99. The van der Waals surface area contributed by atoms with E-state index in [4.69, 9.17) is 25.8 Å². The molecule has 0 aliphatic rings. The lowest BCUT2D eigenvalue weighted by molar-refractivity contribution is 0.0486. The van der Waals surface area contributed by atoms with Gasteiger partial charge >= 0.3 is 11.6 Å². The monoisotopic (exact) mass is 358 g/mol. The average Bonchev–Trinajstić information content (AvgIpc) is 2.58. The molecule has 0 saturated heterocycles. The first kappa shape index (κ1) is 20.3. The molecule has 7 heteroatoms. The van der Waals surface area contributed by atoms with E-state index in [1.165, 1.54) is 0 Å². The largest absolute Gasteiger partial charge is 0.508 e. The third-order valence-electron chi connectivity index (χ3n) is 2.99. The third kappa shape index (κ3) is 11.7. The summed E-state index contributed by atoms with van der Waals surface area (Å²) in [6, 6.07) is 9.94. The first-order chi connectivity index (χ1) is 11.7. The second-order valence-electron chi connectivity index (χ2n) is 4.99.